The molecule has 0 unspecified atom stereocenters. The molecule has 4 saturated heterocycles. The number of aldehydes is 2. The van der Waals surface area contributed by atoms with E-state index in [0.29, 0.717) is 61.3 Å². The summed E-state index contributed by atoms with van der Waals surface area (Å²) in [6.45, 7) is 23.9. The van der Waals surface area contributed by atoms with Crippen LogP contribution >= 0.6 is 0 Å². The Morgan fingerprint density at radius 3 is 0.891 bits per heavy atom. The molecule has 0 radical (unpaired) electrons. The van der Waals surface area contributed by atoms with E-state index in [1.165, 1.54) is 9.80 Å². The number of aliphatic hydroxyl groups excluding tert-OH is 2. The molecule has 12 aromatic rings. The maximum atomic E-state index is 13.9. The van der Waals surface area contributed by atoms with Crippen LogP contribution < -0.4 is 41.3 Å². The van der Waals surface area contributed by atoms with Crippen molar-refractivity contribution in [3.8, 4) is 0 Å². The zero-order valence-corrected chi connectivity index (χ0v) is 85.7. The molecule has 32 heteroatoms. The third-order valence-corrected chi connectivity index (χ3v) is 31.0. The van der Waals surface area contributed by atoms with Crippen LogP contribution in [0.25, 0.3) is 43.6 Å². The molecule has 20 rings (SSSR count). The number of nitrogens with zero attached hydrogens (tertiary/aromatic N) is 7. The minimum Gasteiger partial charge on any atom is -0.394 e. The average molecular weight is 1990 g/mol. The lowest BCUT2D eigenvalue weighted by atomic mass is 9.79. The van der Waals surface area contributed by atoms with Crippen LogP contribution in [0.3, 0.4) is 0 Å². The van der Waals surface area contributed by atoms with Crippen molar-refractivity contribution in [1.29, 1.82) is 0 Å². The minimum atomic E-state index is -0.965. The lowest BCUT2D eigenvalue weighted by molar-refractivity contribution is -0.137. The number of carbonyl (C=O) groups is 14. The van der Waals surface area contributed by atoms with Crippen molar-refractivity contribution in [2.45, 2.75) is 204 Å². The Morgan fingerprint density at radius 2 is 0.605 bits per heavy atom. The van der Waals surface area contributed by atoms with Gasteiger partial charge in [-0.1, -0.05) is 177 Å². The van der Waals surface area contributed by atoms with E-state index >= 15 is 0 Å². The summed E-state index contributed by atoms with van der Waals surface area (Å²) < 4.78 is 0. The van der Waals surface area contributed by atoms with Crippen molar-refractivity contribution in [2.75, 3.05) is 80.6 Å². The van der Waals surface area contributed by atoms with E-state index in [-0.39, 0.29) is 147 Å². The number of fused-ring (bicyclic) bond motifs is 12. The molecule has 32 nitrogen and oxygen atoms in total. The molecule has 4 aromatic heterocycles. The van der Waals surface area contributed by atoms with Gasteiger partial charge in [0.05, 0.1) is 59.0 Å². The number of hydrogen-bond acceptors (Lipinski definition) is 16. The summed E-state index contributed by atoms with van der Waals surface area (Å²) in [7, 11) is 5.19. The Morgan fingerprint density at radius 1 is 0.347 bits per heavy atom. The predicted molar refractivity (Wildman–Crippen MR) is 563 cm³/mol. The number of hydrogen-bond donors (Lipinski definition) is 11. The maximum absolute atomic E-state index is 13.9. The monoisotopic (exact) mass is 1990 g/mol. The van der Waals surface area contributed by atoms with Gasteiger partial charge >= 0.3 is 0 Å². The molecule has 12 heterocycles. The number of rotatable bonds is 24. The van der Waals surface area contributed by atoms with E-state index in [1.54, 1.807) is 63.8 Å². The average Bonchev–Trinajstić information content (AvgIpc) is 1.56. The lowest BCUT2D eigenvalue weighted by Gasteiger charge is -2.29. The first-order valence-electron chi connectivity index (χ1n) is 50.7. The van der Waals surface area contributed by atoms with Gasteiger partial charge in [-0.3, -0.25) is 57.5 Å². The molecule has 4 spiro atoms. The van der Waals surface area contributed by atoms with Crippen LogP contribution in [0.4, 0.5) is 22.7 Å². The molecule has 147 heavy (non-hydrogen) atoms. The van der Waals surface area contributed by atoms with Crippen molar-refractivity contribution < 1.29 is 77.3 Å². The molecule has 0 aliphatic carbocycles. The van der Waals surface area contributed by atoms with Crippen LogP contribution in [-0.4, -0.2) is 242 Å². The lowest BCUT2D eigenvalue weighted by Crippen LogP contribution is -2.52. The van der Waals surface area contributed by atoms with Crippen LogP contribution in [-0.2, 0) is 69.6 Å². The molecule has 12 amide bonds. The van der Waals surface area contributed by atoms with Gasteiger partial charge in [-0.15, -0.1) is 0 Å². The highest BCUT2D eigenvalue weighted by atomic mass is 16.3. The van der Waals surface area contributed by atoms with E-state index in [9.17, 15) is 77.3 Å². The first kappa shape index (κ1) is 103. The third kappa shape index (κ3) is 19.1. The standard InChI is InChI=1S/C29H34N4O4.2C29H32N4O4.C28H32N4O4/c3*1-17(2)12-24(31-26(35)23-13-20-18(3)8-7-10-22(20)30-23)27(36)33-16-29(14-19(33)15-34)21-9-5-6-11-25(21)32(4)28(29)37;1-16(2)11-24(30-25(34)23-12-19-17(3)7-6-10-21(19)29-23)26(35)32-15-28(13-18(32)14-33)20-8-4-5-9-22(20)31-27(28)36/h5-11,13,17,19,24,30,34H,12,14-16H2,1-4H3,(H,31,35);2*5-11,13,15,17,19,24,30H,12,14,16H2,1-4H3,(H,31,35);4-10,12,16,18,24,29,33H,11,13-15H2,1-3H3,(H,30,34)(H,31,36)/t3*19-,24-,29-;18-,24-,28-/m0000/s1. The number of anilines is 4. The van der Waals surface area contributed by atoms with E-state index in [1.807, 2.05) is 259 Å². The van der Waals surface area contributed by atoms with Gasteiger partial charge in [-0.25, -0.2) is 0 Å². The Bertz CT molecular complexity index is 7020. The number of aryl methyl sites for hydroxylation is 4. The molecule has 8 aliphatic heterocycles. The van der Waals surface area contributed by atoms with Crippen molar-refractivity contribution in [3.63, 3.8) is 0 Å². The molecular formula is C115H130N16O16. The topological polar surface area (TPSA) is 425 Å². The number of benzene rings is 8. The number of aliphatic hydroxyl groups is 2. The molecule has 8 aliphatic rings. The van der Waals surface area contributed by atoms with Gasteiger partial charge in [-0.2, -0.15) is 0 Å². The van der Waals surface area contributed by atoms with Gasteiger partial charge < -0.3 is 101 Å². The molecule has 766 valence electrons. The molecule has 8 aromatic carbocycles. The normalized spacial score (nSPS) is 21.7. The van der Waals surface area contributed by atoms with Gasteiger partial charge in [0.2, 0.25) is 47.3 Å². The quantitative estimate of drug-likeness (QED) is 0.0250. The second kappa shape index (κ2) is 41.4. The summed E-state index contributed by atoms with van der Waals surface area (Å²) in [5.74, 6) is -2.66. The molecule has 11 N–H and O–H groups in total. The summed E-state index contributed by atoms with van der Waals surface area (Å²) in [5.41, 5.74) is 12.0. The number of aromatic amines is 4. The van der Waals surface area contributed by atoms with E-state index in [4.69, 9.17) is 0 Å². The van der Waals surface area contributed by atoms with Crippen molar-refractivity contribution in [2.24, 2.45) is 23.7 Å². The van der Waals surface area contributed by atoms with E-state index in [0.717, 1.165) is 123 Å². The largest absolute Gasteiger partial charge is 0.394 e. The Labute approximate surface area is 853 Å². The third-order valence-electron chi connectivity index (χ3n) is 31.0. The number of para-hydroxylation sites is 4. The second-order valence-corrected chi connectivity index (χ2v) is 42.7. The first-order valence-corrected chi connectivity index (χ1v) is 50.7. The maximum Gasteiger partial charge on any atom is 0.268 e. The van der Waals surface area contributed by atoms with E-state index < -0.39 is 70.0 Å². The summed E-state index contributed by atoms with van der Waals surface area (Å²) >= 11 is 0. The highest BCUT2D eigenvalue weighted by molar-refractivity contribution is 6.14. The number of H-pyrrole nitrogens is 4. The molecular weight excluding hydrogens is 1860 g/mol. The van der Waals surface area contributed by atoms with Gasteiger partial charge in [0, 0.05) is 114 Å². The zero-order valence-electron chi connectivity index (χ0n) is 85.7. The SMILES string of the molecule is Cc1cccc2[nH]c(C(=O)N[C@@H](CC(C)C)C(=O)N3C[C@]4(C[C@H]3C=O)C(=O)N(C)c3ccccc34)cc12.Cc1cccc2[nH]c(C(=O)N[C@@H](CC(C)C)C(=O)N3C[C@]4(C[C@H]3C=O)C(=O)N(C)c3ccccc34)cc12.Cc1cccc2[nH]c(C(=O)N[C@@H](CC(C)C)C(=O)N3C[C@]4(C[C@H]3CO)C(=O)N(C)c3ccccc34)cc12.Cc1cccc2[nH]c(C(=O)N[C@@H](CC(C)C)C(=O)N3C[C@]4(C[C@H]3CO)C(=O)Nc3ccccc34)cc12. The van der Waals surface area contributed by atoms with Gasteiger partial charge in [0.15, 0.2) is 0 Å². The molecule has 4 fully saturated rings. The summed E-state index contributed by atoms with van der Waals surface area (Å²) in [5, 5.41) is 38.9. The number of aromatic nitrogens is 4. The van der Waals surface area contributed by atoms with Gasteiger partial charge in [-0.05, 0) is 220 Å². The second-order valence-electron chi connectivity index (χ2n) is 42.7. The van der Waals surface area contributed by atoms with Gasteiger partial charge in [0.25, 0.3) is 23.6 Å². The summed E-state index contributed by atoms with van der Waals surface area (Å²) in [4.78, 5) is 210. The van der Waals surface area contributed by atoms with Crippen LogP contribution in [0.2, 0.25) is 0 Å². The predicted octanol–water partition coefficient (Wildman–Crippen LogP) is 12.9. The molecule has 12 atom stereocenters. The zero-order chi connectivity index (χ0) is 105. The minimum absolute atomic E-state index is 0.0691. The highest BCUT2D eigenvalue weighted by Crippen LogP contribution is 2.53. The van der Waals surface area contributed by atoms with Crippen molar-refractivity contribution >= 4 is 150 Å². The van der Waals surface area contributed by atoms with Crippen LogP contribution in [0, 0.1) is 51.4 Å². The van der Waals surface area contributed by atoms with Crippen LogP contribution in [0.15, 0.2) is 194 Å². The summed E-state index contributed by atoms with van der Waals surface area (Å²) in [6.07, 6.45) is 4.32. The first-order chi connectivity index (χ1) is 70.2. The fourth-order valence-electron chi connectivity index (χ4n) is 23.6. The summed E-state index contributed by atoms with van der Waals surface area (Å²) in [6, 6.07) is 54.9. The van der Waals surface area contributed by atoms with Gasteiger partial charge in [0.1, 0.15) is 59.5 Å². The van der Waals surface area contributed by atoms with Crippen molar-refractivity contribution in [1.82, 2.24) is 60.8 Å². The smallest absolute Gasteiger partial charge is 0.268 e. The Hall–Kier alpha value is -15.2. The van der Waals surface area contributed by atoms with Crippen molar-refractivity contribution in [3.05, 3.63) is 261 Å². The highest BCUT2D eigenvalue weighted by Gasteiger charge is 2.62. The fraction of sp³-hybridized carbons (Fsp3) is 0.391. The Balaban J connectivity index is 0.000000134. The number of carbonyl (C=O) groups excluding carboxylic acids is 14. The van der Waals surface area contributed by atoms with E-state index in [2.05, 4.69) is 46.5 Å². The number of likely N-dealkylation sites (tertiary alicyclic amines) is 4. The number of amides is 12. The van der Waals surface area contributed by atoms with Crippen LogP contribution in [0.1, 0.15) is 193 Å². The number of nitrogens with one attached hydrogen (secondary N) is 9. The number of likely N-dealkylation sites (N-methyl/N-ethyl adjacent to an activating group) is 3. The molecule has 0 saturated carbocycles. The molecule has 0 bridgehead atoms. The van der Waals surface area contributed by atoms with Crippen LogP contribution in [0.5, 0.6) is 0 Å². The fourth-order valence-corrected chi connectivity index (χ4v) is 23.6. The Kier molecular flexibility index (Phi) is 29.1.